The number of pyridine rings is 1. The van der Waals surface area contributed by atoms with E-state index in [4.69, 9.17) is 5.11 Å². The fraction of sp³-hybridized carbons (Fsp3) is 0.455. The number of carbonyl (C=O) groups is 1. The van der Waals surface area contributed by atoms with Gasteiger partial charge in [-0.25, -0.2) is 9.78 Å². The molecule has 1 aromatic rings. The Morgan fingerprint density at radius 1 is 1.50 bits per heavy atom. The van der Waals surface area contributed by atoms with Gasteiger partial charge in [0.1, 0.15) is 11.4 Å². The highest BCUT2D eigenvalue weighted by Crippen LogP contribution is 2.30. The zero-order valence-corrected chi connectivity index (χ0v) is 9.88. The van der Waals surface area contributed by atoms with Crippen LogP contribution in [0.5, 0.6) is 0 Å². The summed E-state index contributed by atoms with van der Waals surface area (Å²) in [6, 6.07) is 1.62. The van der Waals surface area contributed by atoms with E-state index in [0.29, 0.717) is 0 Å². The highest BCUT2D eigenvalue weighted by molar-refractivity contribution is 5.81. The maximum atomic E-state index is 12.5. The number of nitrogens with one attached hydrogen (secondary N) is 1. The Morgan fingerprint density at radius 2 is 2.11 bits per heavy atom. The molecule has 1 aromatic heterocycles. The molecule has 0 aliphatic carbocycles. The first-order chi connectivity index (χ1) is 8.19. The van der Waals surface area contributed by atoms with E-state index in [0.717, 1.165) is 18.3 Å². The van der Waals surface area contributed by atoms with Gasteiger partial charge in [-0.05, 0) is 25.5 Å². The van der Waals surface area contributed by atoms with Gasteiger partial charge in [-0.15, -0.1) is 0 Å². The predicted octanol–water partition coefficient (Wildman–Crippen LogP) is 2.77. The average Bonchev–Trinajstić information content (AvgIpc) is 2.28. The van der Waals surface area contributed by atoms with Gasteiger partial charge >= 0.3 is 12.1 Å². The number of hydrogen-bond donors (Lipinski definition) is 2. The number of nitrogens with zero attached hydrogens (tertiary/aromatic N) is 1. The Bertz CT molecular complexity index is 448. The Balaban J connectivity index is 3.02. The zero-order valence-electron chi connectivity index (χ0n) is 9.88. The van der Waals surface area contributed by atoms with Crippen LogP contribution in [-0.2, 0) is 11.0 Å². The van der Waals surface area contributed by atoms with E-state index in [1.807, 2.05) is 0 Å². The van der Waals surface area contributed by atoms with E-state index in [9.17, 15) is 18.0 Å². The molecule has 0 bridgehead atoms. The number of alkyl halides is 3. The minimum atomic E-state index is -4.48. The van der Waals surface area contributed by atoms with Crippen LogP contribution in [0.3, 0.4) is 0 Å². The minimum absolute atomic E-state index is 0.114. The van der Waals surface area contributed by atoms with Gasteiger partial charge in [0.25, 0.3) is 0 Å². The van der Waals surface area contributed by atoms with Gasteiger partial charge in [0, 0.05) is 6.20 Å². The number of rotatable bonds is 4. The topological polar surface area (TPSA) is 62.2 Å². The molecule has 7 heteroatoms. The summed E-state index contributed by atoms with van der Waals surface area (Å²) in [5.74, 6) is -1.26. The highest BCUT2D eigenvalue weighted by atomic mass is 19.4. The van der Waals surface area contributed by atoms with Crippen LogP contribution in [0.25, 0.3) is 0 Å². The Labute approximate surface area is 102 Å². The SMILES string of the molecule is CCC(C)(Nc1cc(C(F)(F)F)ccn1)C(=O)O. The lowest BCUT2D eigenvalue weighted by molar-refractivity contribution is -0.141. The fourth-order valence-electron chi connectivity index (χ4n) is 1.25. The summed E-state index contributed by atoms with van der Waals surface area (Å²) in [6.07, 6.45) is -3.28. The van der Waals surface area contributed by atoms with Crippen LogP contribution in [-0.4, -0.2) is 21.6 Å². The number of anilines is 1. The molecule has 0 saturated carbocycles. The summed E-state index contributed by atoms with van der Waals surface area (Å²) in [5, 5.41) is 11.5. The number of carboxylic acids is 1. The quantitative estimate of drug-likeness (QED) is 0.875. The Hall–Kier alpha value is -1.79. The number of aliphatic carboxylic acids is 1. The van der Waals surface area contributed by atoms with Gasteiger partial charge in [0.15, 0.2) is 0 Å². The highest BCUT2D eigenvalue weighted by Gasteiger charge is 2.34. The first-order valence-corrected chi connectivity index (χ1v) is 5.24. The van der Waals surface area contributed by atoms with Gasteiger partial charge in [0.05, 0.1) is 5.56 Å². The molecule has 100 valence electrons. The van der Waals surface area contributed by atoms with E-state index in [2.05, 4.69) is 10.3 Å². The van der Waals surface area contributed by atoms with Gasteiger partial charge in [-0.1, -0.05) is 6.92 Å². The van der Waals surface area contributed by atoms with Crippen LogP contribution in [0.4, 0.5) is 19.0 Å². The molecule has 4 nitrogen and oxygen atoms in total. The standard InChI is InChI=1S/C11H13F3N2O2/c1-3-10(2,9(17)18)16-8-6-7(4-5-15-8)11(12,13)14/h4-6H,3H2,1-2H3,(H,15,16)(H,17,18). The van der Waals surface area contributed by atoms with Gasteiger partial charge < -0.3 is 10.4 Å². The first kappa shape index (κ1) is 14.3. The number of carboxylic acid groups (broad SMARTS) is 1. The second-order valence-corrected chi connectivity index (χ2v) is 4.04. The maximum absolute atomic E-state index is 12.5. The zero-order chi connectivity index (χ0) is 14.0. The molecule has 0 aliphatic rings. The number of aromatic nitrogens is 1. The molecular formula is C11H13F3N2O2. The van der Waals surface area contributed by atoms with E-state index in [-0.39, 0.29) is 12.2 Å². The third-order valence-corrected chi connectivity index (χ3v) is 2.67. The van der Waals surface area contributed by atoms with Gasteiger partial charge in [-0.2, -0.15) is 13.2 Å². The molecule has 0 amide bonds. The number of hydrogen-bond acceptors (Lipinski definition) is 3. The van der Waals surface area contributed by atoms with Crippen molar-refractivity contribution in [3.63, 3.8) is 0 Å². The third-order valence-electron chi connectivity index (χ3n) is 2.67. The Kier molecular flexibility index (Phi) is 3.83. The lowest BCUT2D eigenvalue weighted by Gasteiger charge is -2.25. The van der Waals surface area contributed by atoms with Crippen LogP contribution in [0, 0.1) is 0 Å². The molecule has 1 atom stereocenters. The second kappa shape index (κ2) is 4.83. The van der Waals surface area contributed by atoms with Crippen LogP contribution < -0.4 is 5.32 Å². The largest absolute Gasteiger partial charge is 0.480 e. The monoisotopic (exact) mass is 262 g/mol. The van der Waals surface area contributed by atoms with Crippen LogP contribution in [0.2, 0.25) is 0 Å². The molecule has 0 aliphatic heterocycles. The van der Waals surface area contributed by atoms with Crippen LogP contribution >= 0.6 is 0 Å². The van der Waals surface area contributed by atoms with Crippen molar-refractivity contribution in [2.75, 3.05) is 5.32 Å². The summed E-state index contributed by atoms with van der Waals surface area (Å²) in [6.45, 7) is 3.01. The molecule has 1 unspecified atom stereocenters. The van der Waals surface area contributed by atoms with E-state index in [1.165, 1.54) is 6.92 Å². The molecule has 2 N–H and O–H groups in total. The fourth-order valence-corrected chi connectivity index (χ4v) is 1.25. The van der Waals surface area contributed by atoms with Gasteiger partial charge in [-0.3, -0.25) is 0 Å². The molecule has 0 saturated heterocycles. The van der Waals surface area contributed by atoms with Crippen molar-refractivity contribution in [2.24, 2.45) is 0 Å². The van der Waals surface area contributed by atoms with Crippen molar-refractivity contribution in [3.8, 4) is 0 Å². The molecule has 0 radical (unpaired) electrons. The molecule has 0 spiro atoms. The number of halogens is 3. The van der Waals surface area contributed by atoms with Crippen molar-refractivity contribution in [1.82, 2.24) is 4.98 Å². The summed E-state index contributed by atoms with van der Waals surface area (Å²) in [5.41, 5.74) is -2.22. The molecule has 0 aromatic carbocycles. The second-order valence-electron chi connectivity index (χ2n) is 4.04. The normalized spacial score (nSPS) is 14.9. The molecule has 1 heterocycles. The van der Waals surface area contributed by atoms with E-state index >= 15 is 0 Å². The summed E-state index contributed by atoms with van der Waals surface area (Å²) < 4.78 is 37.4. The van der Waals surface area contributed by atoms with Crippen molar-refractivity contribution in [1.29, 1.82) is 0 Å². The average molecular weight is 262 g/mol. The summed E-state index contributed by atoms with van der Waals surface area (Å²) in [4.78, 5) is 14.7. The van der Waals surface area contributed by atoms with Crippen molar-refractivity contribution in [3.05, 3.63) is 23.9 Å². The van der Waals surface area contributed by atoms with Crippen LogP contribution in [0.15, 0.2) is 18.3 Å². The molecular weight excluding hydrogens is 249 g/mol. The van der Waals surface area contributed by atoms with Crippen molar-refractivity contribution in [2.45, 2.75) is 32.0 Å². The lowest BCUT2D eigenvalue weighted by atomic mass is 9.99. The van der Waals surface area contributed by atoms with E-state index < -0.39 is 23.2 Å². The Morgan fingerprint density at radius 3 is 2.56 bits per heavy atom. The minimum Gasteiger partial charge on any atom is -0.480 e. The summed E-state index contributed by atoms with van der Waals surface area (Å²) in [7, 11) is 0. The third kappa shape index (κ3) is 3.12. The van der Waals surface area contributed by atoms with Gasteiger partial charge in [0.2, 0.25) is 0 Å². The maximum Gasteiger partial charge on any atom is 0.416 e. The van der Waals surface area contributed by atoms with Crippen molar-refractivity contribution < 1.29 is 23.1 Å². The predicted molar refractivity (Wildman–Crippen MR) is 59.2 cm³/mol. The first-order valence-electron chi connectivity index (χ1n) is 5.24. The van der Waals surface area contributed by atoms with Crippen LogP contribution in [0.1, 0.15) is 25.8 Å². The molecule has 1 rings (SSSR count). The van der Waals surface area contributed by atoms with Crippen molar-refractivity contribution >= 4 is 11.8 Å². The van der Waals surface area contributed by atoms with E-state index in [1.54, 1.807) is 6.92 Å². The molecule has 18 heavy (non-hydrogen) atoms. The smallest absolute Gasteiger partial charge is 0.416 e. The summed E-state index contributed by atoms with van der Waals surface area (Å²) >= 11 is 0. The lowest BCUT2D eigenvalue weighted by Crippen LogP contribution is -2.43. The molecule has 0 fully saturated rings.